The molecule has 3 rings (SSSR count). The van der Waals surface area contributed by atoms with Gasteiger partial charge in [-0.15, -0.1) is 0 Å². The van der Waals surface area contributed by atoms with Crippen LogP contribution in [0.5, 0.6) is 11.5 Å². The van der Waals surface area contributed by atoms with Gasteiger partial charge in [0.15, 0.2) is 6.61 Å². The topological polar surface area (TPSA) is 52.5 Å². The predicted octanol–water partition coefficient (Wildman–Crippen LogP) is 3.37. The lowest BCUT2D eigenvalue weighted by Gasteiger charge is -2.10. The van der Waals surface area contributed by atoms with Crippen molar-refractivity contribution in [2.24, 2.45) is 0 Å². The molecule has 25 heavy (non-hydrogen) atoms. The molecule has 0 aliphatic rings. The molecule has 0 atom stereocenters. The lowest BCUT2D eigenvalue weighted by Crippen LogP contribution is -2.29. The van der Waals surface area contributed by atoms with Crippen molar-refractivity contribution in [2.75, 3.05) is 13.7 Å². The lowest BCUT2D eigenvalue weighted by atomic mass is 10.2. The summed E-state index contributed by atoms with van der Waals surface area (Å²) in [5.41, 5.74) is 2.27. The van der Waals surface area contributed by atoms with Gasteiger partial charge in [-0.2, -0.15) is 0 Å². The Morgan fingerprint density at radius 1 is 1.08 bits per heavy atom. The van der Waals surface area contributed by atoms with Gasteiger partial charge in [0.25, 0.3) is 5.91 Å². The van der Waals surface area contributed by atoms with Gasteiger partial charge < -0.3 is 19.4 Å². The minimum absolute atomic E-state index is 0.0152. The van der Waals surface area contributed by atoms with E-state index < -0.39 is 0 Å². The highest BCUT2D eigenvalue weighted by molar-refractivity contribution is 5.82. The Bertz CT molecular complexity index is 853. The second kappa shape index (κ2) is 7.75. The predicted molar refractivity (Wildman–Crippen MR) is 97.9 cm³/mol. The summed E-state index contributed by atoms with van der Waals surface area (Å²) in [6.07, 6.45) is 0. The Morgan fingerprint density at radius 2 is 1.80 bits per heavy atom. The summed E-state index contributed by atoms with van der Waals surface area (Å²) in [5.74, 6) is 1.24. The van der Waals surface area contributed by atoms with Crippen molar-refractivity contribution in [1.29, 1.82) is 0 Å². The number of para-hydroxylation sites is 1. The molecule has 0 aliphatic heterocycles. The number of methoxy groups -OCH3 is 1. The number of hydrogen-bond acceptors (Lipinski definition) is 3. The Kier molecular flexibility index (Phi) is 5.23. The average molecular weight is 338 g/mol. The molecular formula is C20H22N2O3. The maximum atomic E-state index is 12.1. The Morgan fingerprint density at radius 3 is 2.52 bits per heavy atom. The number of fused-ring (bicyclic) bond motifs is 1. The average Bonchev–Trinajstić information content (AvgIpc) is 3.02. The standard InChI is InChI=1S/C20H22N2O3/c1-3-22-16(12-15-6-4-5-7-19(15)22)13-21-20(23)14-25-18-10-8-17(24-2)9-11-18/h4-12H,3,13-14H2,1-2H3,(H,21,23). The number of rotatable bonds is 7. The number of carbonyl (C=O) groups is 1. The molecule has 2 aromatic carbocycles. The van der Waals surface area contributed by atoms with Crippen LogP contribution in [0.1, 0.15) is 12.6 Å². The first-order valence-electron chi connectivity index (χ1n) is 8.32. The van der Waals surface area contributed by atoms with Gasteiger partial charge in [-0.1, -0.05) is 18.2 Å². The van der Waals surface area contributed by atoms with Crippen LogP contribution in [-0.4, -0.2) is 24.2 Å². The monoisotopic (exact) mass is 338 g/mol. The fraction of sp³-hybridized carbons (Fsp3) is 0.250. The SMILES string of the molecule is CCn1c(CNC(=O)COc2ccc(OC)cc2)cc2ccccc21. The molecule has 0 spiro atoms. The van der Waals surface area contributed by atoms with Gasteiger partial charge in [0.05, 0.1) is 13.7 Å². The van der Waals surface area contributed by atoms with Gasteiger partial charge in [0.2, 0.25) is 0 Å². The zero-order valence-electron chi connectivity index (χ0n) is 14.5. The van der Waals surface area contributed by atoms with Gasteiger partial charge in [-0.25, -0.2) is 0 Å². The summed E-state index contributed by atoms with van der Waals surface area (Å²) in [6, 6.07) is 17.5. The first kappa shape index (κ1) is 16.9. The molecule has 0 saturated heterocycles. The number of carbonyl (C=O) groups excluding carboxylic acids is 1. The van der Waals surface area contributed by atoms with E-state index in [2.05, 4.69) is 35.0 Å². The largest absolute Gasteiger partial charge is 0.497 e. The lowest BCUT2D eigenvalue weighted by molar-refractivity contribution is -0.123. The molecule has 0 saturated carbocycles. The summed E-state index contributed by atoms with van der Waals surface area (Å²) >= 11 is 0. The highest BCUT2D eigenvalue weighted by atomic mass is 16.5. The molecule has 0 fully saturated rings. The van der Waals surface area contributed by atoms with Crippen molar-refractivity contribution in [3.05, 3.63) is 60.3 Å². The third kappa shape index (κ3) is 3.94. The fourth-order valence-electron chi connectivity index (χ4n) is 2.85. The summed E-state index contributed by atoms with van der Waals surface area (Å²) < 4.78 is 12.8. The number of aromatic nitrogens is 1. The summed E-state index contributed by atoms with van der Waals surface area (Å²) in [7, 11) is 1.61. The maximum absolute atomic E-state index is 12.1. The molecule has 0 aliphatic carbocycles. The Labute approximate surface area is 147 Å². The smallest absolute Gasteiger partial charge is 0.258 e. The molecule has 0 radical (unpaired) electrons. The molecule has 1 aromatic heterocycles. The third-order valence-electron chi connectivity index (χ3n) is 4.11. The van der Waals surface area contributed by atoms with E-state index in [0.29, 0.717) is 12.3 Å². The molecule has 1 heterocycles. The van der Waals surface area contributed by atoms with Crippen LogP contribution in [0.4, 0.5) is 0 Å². The van der Waals surface area contributed by atoms with Gasteiger partial charge in [0.1, 0.15) is 11.5 Å². The zero-order valence-corrected chi connectivity index (χ0v) is 14.5. The Hall–Kier alpha value is -2.95. The van der Waals surface area contributed by atoms with Crippen molar-refractivity contribution >= 4 is 16.8 Å². The van der Waals surface area contributed by atoms with Crippen LogP contribution in [0.25, 0.3) is 10.9 Å². The van der Waals surface area contributed by atoms with Crippen molar-refractivity contribution in [3.63, 3.8) is 0 Å². The minimum atomic E-state index is -0.149. The first-order valence-corrected chi connectivity index (χ1v) is 8.32. The van der Waals surface area contributed by atoms with Crippen LogP contribution in [-0.2, 0) is 17.9 Å². The molecule has 0 unspecified atom stereocenters. The van der Waals surface area contributed by atoms with E-state index >= 15 is 0 Å². The van der Waals surface area contributed by atoms with Crippen LogP contribution in [0.15, 0.2) is 54.6 Å². The zero-order chi connectivity index (χ0) is 17.6. The van der Waals surface area contributed by atoms with E-state index in [9.17, 15) is 4.79 Å². The van der Waals surface area contributed by atoms with E-state index in [4.69, 9.17) is 9.47 Å². The van der Waals surface area contributed by atoms with Crippen LogP contribution in [0.2, 0.25) is 0 Å². The number of benzene rings is 2. The van der Waals surface area contributed by atoms with Crippen LogP contribution < -0.4 is 14.8 Å². The molecule has 130 valence electrons. The molecule has 5 heteroatoms. The highest BCUT2D eigenvalue weighted by Gasteiger charge is 2.09. The second-order valence-corrected chi connectivity index (χ2v) is 5.68. The van der Waals surface area contributed by atoms with Crippen LogP contribution in [0, 0.1) is 0 Å². The number of ether oxygens (including phenoxy) is 2. The third-order valence-corrected chi connectivity index (χ3v) is 4.11. The molecule has 1 N–H and O–H groups in total. The summed E-state index contributed by atoms with van der Waals surface area (Å²) in [4.78, 5) is 12.1. The van der Waals surface area contributed by atoms with E-state index in [1.165, 1.54) is 10.9 Å². The minimum Gasteiger partial charge on any atom is -0.497 e. The molecule has 0 bridgehead atoms. The van der Waals surface area contributed by atoms with Crippen molar-refractivity contribution < 1.29 is 14.3 Å². The fourth-order valence-corrected chi connectivity index (χ4v) is 2.85. The van der Waals surface area contributed by atoms with E-state index in [1.54, 1.807) is 31.4 Å². The first-order chi connectivity index (χ1) is 12.2. The molecular weight excluding hydrogens is 316 g/mol. The van der Waals surface area contributed by atoms with Crippen molar-refractivity contribution in [1.82, 2.24) is 9.88 Å². The van der Waals surface area contributed by atoms with E-state index in [0.717, 1.165) is 18.0 Å². The van der Waals surface area contributed by atoms with Gasteiger partial charge in [-0.05, 0) is 48.7 Å². The molecule has 1 amide bonds. The van der Waals surface area contributed by atoms with Crippen LogP contribution in [0.3, 0.4) is 0 Å². The quantitative estimate of drug-likeness (QED) is 0.719. The Balaban J connectivity index is 1.57. The number of aryl methyl sites for hydroxylation is 1. The summed E-state index contributed by atoms with van der Waals surface area (Å²) in [6.45, 7) is 3.43. The van der Waals surface area contributed by atoms with Gasteiger partial charge in [0, 0.05) is 17.8 Å². The van der Waals surface area contributed by atoms with E-state index in [-0.39, 0.29) is 12.5 Å². The summed E-state index contributed by atoms with van der Waals surface area (Å²) in [5, 5.41) is 4.10. The van der Waals surface area contributed by atoms with Gasteiger partial charge in [-0.3, -0.25) is 4.79 Å². The maximum Gasteiger partial charge on any atom is 0.258 e. The highest BCUT2D eigenvalue weighted by Crippen LogP contribution is 2.20. The number of amides is 1. The number of nitrogens with one attached hydrogen (secondary N) is 1. The number of nitrogens with zero attached hydrogens (tertiary/aromatic N) is 1. The normalized spacial score (nSPS) is 10.6. The molecule has 5 nitrogen and oxygen atoms in total. The molecule has 3 aromatic rings. The van der Waals surface area contributed by atoms with Gasteiger partial charge >= 0.3 is 0 Å². The van der Waals surface area contributed by atoms with Crippen molar-refractivity contribution in [2.45, 2.75) is 20.0 Å². The second-order valence-electron chi connectivity index (χ2n) is 5.68. The van der Waals surface area contributed by atoms with Crippen molar-refractivity contribution in [3.8, 4) is 11.5 Å². The van der Waals surface area contributed by atoms with E-state index in [1.807, 2.05) is 12.1 Å². The number of hydrogen-bond donors (Lipinski definition) is 1. The van der Waals surface area contributed by atoms with Crippen LogP contribution >= 0.6 is 0 Å².